The Bertz CT molecular complexity index is 714. The number of anilines is 2. The standard InChI is InChI=1S/C15H11Cl3N2O/c16-9-1-3-10(4-2-9)20-6-5-14(19-21)11-7-12(17)13(18)8-15(11)20/h1-4,7-8,21H,5-6H2/b19-14+. The molecule has 108 valence electrons. The lowest BCUT2D eigenvalue weighted by atomic mass is 9.99. The molecule has 2 aromatic rings. The van der Waals surface area contributed by atoms with E-state index in [1.165, 1.54) is 0 Å². The van der Waals surface area contributed by atoms with Crippen LogP contribution >= 0.6 is 34.8 Å². The summed E-state index contributed by atoms with van der Waals surface area (Å²) in [6.07, 6.45) is 0.615. The molecule has 0 unspecified atom stereocenters. The lowest BCUT2D eigenvalue weighted by molar-refractivity contribution is 0.318. The van der Waals surface area contributed by atoms with E-state index in [-0.39, 0.29) is 0 Å². The zero-order valence-corrected chi connectivity index (χ0v) is 13.1. The molecule has 1 heterocycles. The monoisotopic (exact) mass is 340 g/mol. The van der Waals surface area contributed by atoms with E-state index in [4.69, 9.17) is 40.0 Å². The third-order valence-electron chi connectivity index (χ3n) is 3.47. The number of rotatable bonds is 1. The summed E-state index contributed by atoms with van der Waals surface area (Å²) in [6.45, 7) is 0.686. The number of benzene rings is 2. The van der Waals surface area contributed by atoms with Crippen LogP contribution in [-0.2, 0) is 0 Å². The van der Waals surface area contributed by atoms with Crippen molar-refractivity contribution in [2.75, 3.05) is 11.4 Å². The number of hydrogen-bond donors (Lipinski definition) is 1. The minimum Gasteiger partial charge on any atom is -0.411 e. The van der Waals surface area contributed by atoms with Crippen LogP contribution in [0.1, 0.15) is 12.0 Å². The molecule has 0 bridgehead atoms. The van der Waals surface area contributed by atoms with E-state index in [9.17, 15) is 0 Å². The van der Waals surface area contributed by atoms with Gasteiger partial charge in [0.05, 0.1) is 21.4 Å². The van der Waals surface area contributed by atoms with Crippen LogP contribution in [-0.4, -0.2) is 17.5 Å². The van der Waals surface area contributed by atoms with E-state index >= 15 is 0 Å². The van der Waals surface area contributed by atoms with Gasteiger partial charge in [-0.25, -0.2) is 0 Å². The van der Waals surface area contributed by atoms with Gasteiger partial charge in [0.1, 0.15) is 0 Å². The summed E-state index contributed by atoms with van der Waals surface area (Å²) < 4.78 is 0. The second-order valence-corrected chi connectivity index (χ2v) is 5.96. The summed E-state index contributed by atoms with van der Waals surface area (Å²) in [5.41, 5.74) is 3.25. The van der Waals surface area contributed by atoms with Crippen molar-refractivity contribution in [3.05, 3.63) is 57.0 Å². The van der Waals surface area contributed by atoms with Crippen molar-refractivity contribution >= 4 is 51.9 Å². The van der Waals surface area contributed by atoms with E-state index in [0.717, 1.165) is 16.9 Å². The molecular formula is C15H11Cl3N2O. The van der Waals surface area contributed by atoms with Crippen molar-refractivity contribution in [3.8, 4) is 0 Å². The maximum Gasteiger partial charge on any atom is 0.0907 e. The van der Waals surface area contributed by atoms with Gasteiger partial charge in [0.2, 0.25) is 0 Å². The maximum absolute atomic E-state index is 9.17. The van der Waals surface area contributed by atoms with Crippen LogP contribution < -0.4 is 4.90 Å². The van der Waals surface area contributed by atoms with Crippen LogP contribution in [0.5, 0.6) is 0 Å². The average Bonchev–Trinajstić information content (AvgIpc) is 2.48. The smallest absolute Gasteiger partial charge is 0.0907 e. The predicted molar refractivity (Wildman–Crippen MR) is 87.9 cm³/mol. The van der Waals surface area contributed by atoms with E-state index < -0.39 is 0 Å². The van der Waals surface area contributed by atoms with Gasteiger partial charge in [-0.2, -0.15) is 0 Å². The molecule has 21 heavy (non-hydrogen) atoms. The Balaban J connectivity index is 2.14. The third-order valence-corrected chi connectivity index (χ3v) is 4.45. The first-order valence-corrected chi connectivity index (χ1v) is 7.47. The van der Waals surface area contributed by atoms with Gasteiger partial charge in [0.15, 0.2) is 0 Å². The van der Waals surface area contributed by atoms with Crippen molar-refractivity contribution in [1.29, 1.82) is 0 Å². The molecule has 1 aliphatic heterocycles. The van der Waals surface area contributed by atoms with Crippen LogP contribution in [0.4, 0.5) is 11.4 Å². The molecule has 0 spiro atoms. The largest absolute Gasteiger partial charge is 0.411 e. The average molecular weight is 342 g/mol. The summed E-state index contributed by atoms with van der Waals surface area (Å²) in [6, 6.07) is 11.1. The minimum atomic E-state index is 0.439. The Hall–Kier alpha value is -1.42. The van der Waals surface area contributed by atoms with Crippen LogP contribution in [0.3, 0.4) is 0 Å². The first kappa shape index (κ1) is 14.5. The Labute approximate surface area is 137 Å². The van der Waals surface area contributed by atoms with E-state index in [2.05, 4.69) is 10.1 Å². The predicted octanol–water partition coefficient (Wildman–Crippen LogP) is 5.37. The molecule has 1 aliphatic rings. The Morgan fingerprint density at radius 2 is 1.67 bits per heavy atom. The zero-order chi connectivity index (χ0) is 15.0. The zero-order valence-electron chi connectivity index (χ0n) is 10.9. The molecule has 3 nitrogen and oxygen atoms in total. The maximum atomic E-state index is 9.17. The van der Waals surface area contributed by atoms with Crippen molar-refractivity contribution in [3.63, 3.8) is 0 Å². The van der Waals surface area contributed by atoms with Gasteiger partial charge in [-0.1, -0.05) is 40.0 Å². The van der Waals surface area contributed by atoms with Crippen LogP contribution in [0.2, 0.25) is 15.1 Å². The molecule has 0 saturated heterocycles. The molecule has 2 aromatic carbocycles. The second kappa shape index (κ2) is 5.76. The molecule has 0 amide bonds. The van der Waals surface area contributed by atoms with Crippen molar-refractivity contribution in [2.45, 2.75) is 6.42 Å². The first-order valence-electron chi connectivity index (χ1n) is 6.33. The molecule has 6 heteroatoms. The summed E-state index contributed by atoms with van der Waals surface area (Å²) in [5, 5.41) is 14.1. The van der Waals surface area contributed by atoms with E-state index in [1.807, 2.05) is 24.3 Å². The number of nitrogens with zero attached hydrogens (tertiary/aromatic N) is 2. The number of oxime groups is 1. The van der Waals surface area contributed by atoms with Gasteiger partial charge in [-0.15, -0.1) is 0 Å². The Morgan fingerprint density at radius 3 is 2.33 bits per heavy atom. The van der Waals surface area contributed by atoms with Gasteiger partial charge < -0.3 is 10.1 Å². The van der Waals surface area contributed by atoms with Gasteiger partial charge >= 0.3 is 0 Å². The lowest BCUT2D eigenvalue weighted by Gasteiger charge is -2.32. The molecular weight excluding hydrogens is 331 g/mol. The summed E-state index contributed by atoms with van der Waals surface area (Å²) >= 11 is 18.1. The van der Waals surface area contributed by atoms with E-state index in [0.29, 0.717) is 33.7 Å². The summed E-state index contributed by atoms with van der Waals surface area (Å²) in [5.74, 6) is 0. The number of hydrogen-bond acceptors (Lipinski definition) is 3. The molecule has 0 aliphatic carbocycles. The molecule has 3 rings (SSSR count). The van der Waals surface area contributed by atoms with Gasteiger partial charge in [0.25, 0.3) is 0 Å². The summed E-state index contributed by atoms with van der Waals surface area (Å²) in [7, 11) is 0. The molecule has 0 saturated carbocycles. The van der Waals surface area contributed by atoms with Crippen LogP contribution in [0.15, 0.2) is 41.6 Å². The first-order chi connectivity index (χ1) is 10.1. The lowest BCUT2D eigenvalue weighted by Crippen LogP contribution is -2.28. The highest BCUT2D eigenvalue weighted by Crippen LogP contribution is 2.38. The van der Waals surface area contributed by atoms with Gasteiger partial charge in [-0.3, -0.25) is 0 Å². The van der Waals surface area contributed by atoms with Crippen molar-refractivity contribution in [2.24, 2.45) is 5.16 Å². The quantitative estimate of drug-likeness (QED) is 0.559. The highest BCUT2D eigenvalue weighted by atomic mass is 35.5. The van der Waals surface area contributed by atoms with Crippen LogP contribution in [0.25, 0.3) is 0 Å². The summed E-state index contributed by atoms with van der Waals surface area (Å²) in [4.78, 5) is 2.10. The van der Waals surface area contributed by atoms with Gasteiger partial charge in [0, 0.05) is 29.2 Å². The topological polar surface area (TPSA) is 35.8 Å². The van der Waals surface area contributed by atoms with Gasteiger partial charge in [-0.05, 0) is 36.4 Å². The molecule has 0 atom stereocenters. The second-order valence-electron chi connectivity index (χ2n) is 4.71. The van der Waals surface area contributed by atoms with Crippen molar-refractivity contribution < 1.29 is 5.21 Å². The van der Waals surface area contributed by atoms with Crippen LogP contribution in [0, 0.1) is 0 Å². The minimum absolute atomic E-state index is 0.439. The Morgan fingerprint density at radius 1 is 1.00 bits per heavy atom. The number of fused-ring (bicyclic) bond motifs is 1. The fourth-order valence-corrected chi connectivity index (χ4v) is 2.90. The molecule has 0 radical (unpaired) electrons. The normalized spacial score (nSPS) is 16.1. The highest BCUT2D eigenvalue weighted by Gasteiger charge is 2.24. The van der Waals surface area contributed by atoms with E-state index in [1.54, 1.807) is 12.1 Å². The highest BCUT2D eigenvalue weighted by molar-refractivity contribution is 6.42. The fourth-order valence-electron chi connectivity index (χ4n) is 2.46. The molecule has 1 N–H and O–H groups in total. The Kier molecular flexibility index (Phi) is 3.98. The number of halogens is 3. The molecule has 0 fully saturated rings. The third kappa shape index (κ3) is 2.69. The SMILES string of the molecule is O/N=C1\CCN(c2ccc(Cl)cc2)c2cc(Cl)c(Cl)cc21. The van der Waals surface area contributed by atoms with Crippen molar-refractivity contribution in [1.82, 2.24) is 0 Å². The molecule has 0 aromatic heterocycles. The fraction of sp³-hybridized carbons (Fsp3) is 0.133.